The molecule has 0 aliphatic carbocycles. The number of benzene rings is 1. The number of carbonyl (C=O) groups is 1. The van der Waals surface area contributed by atoms with Crippen molar-refractivity contribution in [2.24, 2.45) is 0 Å². The molecule has 128 valence electrons. The maximum absolute atomic E-state index is 12.2. The van der Waals surface area contributed by atoms with Crippen LogP contribution >= 0.6 is 7.60 Å². The highest BCUT2D eigenvalue weighted by atomic mass is 31.2. The van der Waals surface area contributed by atoms with Crippen LogP contribution in [-0.2, 0) is 20.3 Å². The summed E-state index contributed by atoms with van der Waals surface area (Å²) in [5, 5.41) is 11.9. The zero-order valence-electron chi connectivity index (χ0n) is 12.9. The molecule has 8 heteroatoms. The van der Waals surface area contributed by atoms with Crippen LogP contribution < -0.4 is 11.1 Å². The van der Waals surface area contributed by atoms with Crippen LogP contribution in [0.15, 0.2) is 24.3 Å². The molecule has 7 nitrogen and oxygen atoms in total. The van der Waals surface area contributed by atoms with Crippen LogP contribution in [0.4, 0.5) is 5.69 Å². The van der Waals surface area contributed by atoms with Gasteiger partial charge in [0.15, 0.2) is 0 Å². The second kappa shape index (κ2) is 7.45. The van der Waals surface area contributed by atoms with Crippen LogP contribution in [-0.4, -0.2) is 34.4 Å². The minimum atomic E-state index is -3.97. The highest BCUT2D eigenvalue weighted by molar-refractivity contribution is 7.52. The molecule has 2 atom stereocenters. The Morgan fingerprint density at radius 3 is 2.74 bits per heavy atom. The zero-order chi connectivity index (χ0) is 16.9. The van der Waals surface area contributed by atoms with E-state index < -0.39 is 19.3 Å². The Bertz CT molecular complexity index is 601. The van der Waals surface area contributed by atoms with E-state index in [1.807, 2.05) is 24.3 Å². The number of nitrogens with one attached hydrogen (secondary N) is 1. The first kappa shape index (κ1) is 17.9. The van der Waals surface area contributed by atoms with Crippen molar-refractivity contribution in [1.29, 1.82) is 0 Å². The zero-order valence-corrected chi connectivity index (χ0v) is 13.8. The normalized spacial score (nSPS) is 23.5. The number of aryl methyl sites for hydroxylation is 1. The fourth-order valence-electron chi connectivity index (χ4n) is 2.69. The summed E-state index contributed by atoms with van der Waals surface area (Å²) in [5.74, 6) is -1.25. The molecule has 0 spiro atoms. The molecular formula is C15H23N2O5P. The molecule has 1 aliphatic heterocycles. The minimum absolute atomic E-state index is 0.0730. The van der Waals surface area contributed by atoms with Gasteiger partial charge in [-0.05, 0) is 43.9 Å². The summed E-state index contributed by atoms with van der Waals surface area (Å²) in [7, 11) is -3.97. The Morgan fingerprint density at radius 2 is 2.13 bits per heavy atom. The summed E-state index contributed by atoms with van der Waals surface area (Å²) in [6.07, 6.45) is 2.55. The molecule has 0 bridgehead atoms. The molecule has 0 saturated carbocycles. The molecule has 1 saturated heterocycles. The van der Waals surface area contributed by atoms with Crippen molar-refractivity contribution >= 4 is 19.3 Å². The SMILES string of the molecule is Nc1ccccc1CCCCP(=O)(O)O[C@@]1(C(=O)O)CCCN1. The lowest BCUT2D eigenvalue weighted by molar-refractivity contribution is -0.157. The van der Waals surface area contributed by atoms with Crippen molar-refractivity contribution < 1.29 is 23.9 Å². The van der Waals surface area contributed by atoms with Gasteiger partial charge in [0.25, 0.3) is 0 Å². The quantitative estimate of drug-likeness (QED) is 0.323. The van der Waals surface area contributed by atoms with E-state index in [0.717, 1.165) is 5.56 Å². The Kier molecular flexibility index (Phi) is 5.81. The predicted octanol–water partition coefficient (Wildman–Crippen LogP) is 1.96. The summed E-state index contributed by atoms with van der Waals surface area (Å²) < 4.78 is 17.3. The van der Waals surface area contributed by atoms with Crippen LogP contribution in [0, 0.1) is 0 Å². The Morgan fingerprint density at radius 1 is 1.39 bits per heavy atom. The van der Waals surface area contributed by atoms with E-state index in [4.69, 9.17) is 10.3 Å². The van der Waals surface area contributed by atoms with E-state index in [1.165, 1.54) is 0 Å². The van der Waals surface area contributed by atoms with Crippen molar-refractivity contribution in [3.05, 3.63) is 29.8 Å². The Labute approximate surface area is 135 Å². The second-order valence-electron chi connectivity index (χ2n) is 5.77. The molecule has 5 N–H and O–H groups in total. The van der Waals surface area contributed by atoms with Crippen LogP contribution in [0.5, 0.6) is 0 Å². The lowest BCUT2D eigenvalue weighted by Crippen LogP contribution is -2.49. The average Bonchev–Trinajstić information content (AvgIpc) is 2.94. The van der Waals surface area contributed by atoms with Gasteiger partial charge < -0.3 is 15.7 Å². The average molecular weight is 342 g/mol. The molecule has 23 heavy (non-hydrogen) atoms. The fraction of sp³-hybridized carbons (Fsp3) is 0.533. The molecule has 1 aromatic rings. The summed E-state index contributed by atoms with van der Waals surface area (Å²) in [6.45, 7) is 0.458. The first-order valence-electron chi connectivity index (χ1n) is 7.69. The first-order chi connectivity index (χ1) is 10.8. The third kappa shape index (κ3) is 4.78. The maximum atomic E-state index is 12.2. The molecule has 1 aliphatic rings. The van der Waals surface area contributed by atoms with Gasteiger partial charge in [0.1, 0.15) is 0 Å². The fourth-order valence-corrected chi connectivity index (χ4v) is 4.13. The summed E-state index contributed by atoms with van der Waals surface area (Å²) >= 11 is 0. The second-order valence-corrected chi connectivity index (χ2v) is 7.68. The molecule has 0 radical (unpaired) electrons. The highest BCUT2D eigenvalue weighted by Gasteiger charge is 2.47. The van der Waals surface area contributed by atoms with E-state index in [0.29, 0.717) is 37.9 Å². The number of nitrogens with two attached hydrogens (primary N) is 1. The number of rotatable bonds is 8. The molecule has 0 aromatic heterocycles. The molecule has 1 fully saturated rings. The van der Waals surface area contributed by atoms with Gasteiger partial charge in [0, 0.05) is 12.1 Å². The van der Waals surface area contributed by atoms with Crippen molar-refractivity contribution in [3.63, 3.8) is 0 Å². The first-order valence-corrected chi connectivity index (χ1v) is 9.45. The number of aliphatic carboxylic acids is 1. The predicted molar refractivity (Wildman–Crippen MR) is 87.2 cm³/mol. The van der Waals surface area contributed by atoms with E-state index in [1.54, 1.807) is 0 Å². The lowest BCUT2D eigenvalue weighted by atomic mass is 10.1. The maximum Gasteiger partial charge on any atom is 0.351 e. The third-order valence-corrected chi connectivity index (χ3v) is 5.43. The van der Waals surface area contributed by atoms with Gasteiger partial charge >= 0.3 is 13.6 Å². The van der Waals surface area contributed by atoms with Gasteiger partial charge in [-0.2, -0.15) is 0 Å². The Balaban J connectivity index is 1.83. The largest absolute Gasteiger partial charge is 0.478 e. The van der Waals surface area contributed by atoms with Gasteiger partial charge in [0.05, 0.1) is 6.16 Å². The molecule has 1 aromatic carbocycles. The molecule has 0 amide bonds. The number of unbranched alkanes of at least 4 members (excludes halogenated alkanes) is 1. The van der Waals surface area contributed by atoms with E-state index in [-0.39, 0.29) is 12.6 Å². The van der Waals surface area contributed by atoms with Crippen LogP contribution in [0.2, 0.25) is 0 Å². The van der Waals surface area contributed by atoms with E-state index in [2.05, 4.69) is 5.32 Å². The summed E-state index contributed by atoms with van der Waals surface area (Å²) in [4.78, 5) is 21.3. The molecule has 1 unspecified atom stereocenters. The number of anilines is 1. The summed E-state index contributed by atoms with van der Waals surface area (Å²) in [6, 6.07) is 7.49. The number of carboxylic acids is 1. The topological polar surface area (TPSA) is 122 Å². The molecule has 1 heterocycles. The van der Waals surface area contributed by atoms with Gasteiger partial charge in [-0.15, -0.1) is 0 Å². The minimum Gasteiger partial charge on any atom is -0.478 e. The van der Waals surface area contributed by atoms with Crippen molar-refractivity contribution in [2.75, 3.05) is 18.4 Å². The van der Waals surface area contributed by atoms with E-state index in [9.17, 15) is 19.4 Å². The third-order valence-electron chi connectivity index (χ3n) is 3.95. The Hall–Kier alpha value is -1.40. The number of carboxylic acid groups (broad SMARTS) is 1. The van der Waals surface area contributed by atoms with Crippen LogP contribution in [0.3, 0.4) is 0 Å². The smallest absolute Gasteiger partial charge is 0.351 e. The van der Waals surface area contributed by atoms with Gasteiger partial charge in [-0.1, -0.05) is 18.2 Å². The van der Waals surface area contributed by atoms with Crippen molar-refractivity contribution in [2.45, 2.75) is 37.8 Å². The number of para-hydroxylation sites is 1. The molecule has 2 rings (SSSR count). The number of hydrogen-bond acceptors (Lipinski definition) is 5. The van der Waals surface area contributed by atoms with Gasteiger partial charge in [0.2, 0.25) is 5.72 Å². The van der Waals surface area contributed by atoms with Crippen molar-refractivity contribution in [1.82, 2.24) is 5.32 Å². The number of nitrogen functional groups attached to an aromatic ring is 1. The van der Waals surface area contributed by atoms with E-state index >= 15 is 0 Å². The summed E-state index contributed by atoms with van der Waals surface area (Å²) in [5.41, 5.74) is 5.82. The lowest BCUT2D eigenvalue weighted by Gasteiger charge is -2.27. The standard InChI is InChI=1S/C15H23N2O5P/c16-13-8-2-1-6-12(13)7-3-4-11-23(20,21)22-15(14(18)19)9-5-10-17-15/h1-2,6,8,17H,3-5,7,9-11,16H2,(H,18,19)(H,20,21)/t15-/m1/s1. The number of hydrogen-bond donors (Lipinski definition) is 4. The van der Waals surface area contributed by atoms with Crippen molar-refractivity contribution in [3.8, 4) is 0 Å². The van der Waals surface area contributed by atoms with Gasteiger partial charge in [-0.25, -0.2) is 4.79 Å². The van der Waals surface area contributed by atoms with Crippen LogP contribution in [0.1, 0.15) is 31.2 Å². The van der Waals surface area contributed by atoms with Crippen LogP contribution in [0.25, 0.3) is 0 Å². The molecular weight excluding hydrogens is 319 g/mol. The highest BCUT2D eigenvalue weighted by Crippen LogP contribution is 2.48. The monoisotopic (exact) mass is 342 g/mol. The van der Waals surface area contributed by atoms with Gasteiger partial charge in [-0.3, -0.25) is 14.4 Å².